The van der Waals surface area contributed by atoms with E-state index in [1.165, 1.54) is 16.9 Å². The maximum atomic E-state index is 11.9. The van der Waals surface area contributed by atoms with E-state index in [-0.39, 0.29) is 5.91 Å². The molecule has 0 radical (unpaired) electrons. The smallest absolute Gasteiger partial charge is 0.279 e. The number of carbonyl (C=O) groups excluding carboxylic acids is 1. The Hall–Kier alpha value is -1.92. The van der Waals surface area contributed by atoms with Gasteiger partial charge in [-0.2, -0.15) is 0 Å². The monoisotopic (exact) mass is 319 g/mol. The zero-order chi connectivity index (χ0) is 15.2. The lowest BCUT2D eigenvalue weighted by atomic mass is 10.1. The topological polar surface area (TPSA) is 53.2 Å². The van der Waals surface area contributed by atoms with Crippen LogP contribution in [-0.4, -0.2) is 11.0 Å². The molecule has 0 saturated heterocycles. The van der Waals surface area contributed by atoms with Crippen molar-refractivity contribution >= 4 is 34.6 Å². The van der Waals surface area contributed by atoms with Gasteiger partial charge in [-0.25, -0.2) is 0 Å². The predicted octanol–water partition coefficient (Wildman–Crippen LogP) is 2.67. The predicted molar refractivity (Wildman–Crippen MR) is 90.3 cm³/mol. The summed E-state index contributed by atoms with van der Waals surface area (Å²) in [6.07, 6.45) is 0. The summed E-state index contributed by atoms with van der Waals surface area (Å²) in [7, 11) is 0. The summed E-state index contributed by atoms with van der Waals surface area (Å²) in [6.45, 7) is 4.56. The molecule has 0 aliphatic heterocycles. The third-order valence-corrected chi connectivity index (χ3v) is 4.19. The van der Waals surface area contributed by atoms with Crippen LogP contribution in [0, 0.1) is 13.8 Å². The van der Waals surface area contributed by atoms with E-state index < -0.39 is 0 Å². The molecule has 0 bridgehead atoms. The van der Waals surface area contributed by atoms with Crippen molar-refractivity contribution in [3.8, 4) is 0 Å². The molecule has 2 rings (SSSR count). The first kappa shape index (κ1) is 15.5. The quantitative estimate of drug-likeness (QED) is 0.601. The second kappa shape index (κ2) is 7.19. The third-order valence-electron chi connectivity index (χ3n) is 2.93. The van der Waals surface area contributed by atoms with Gasteiger partial charge in [0.15, 0.2) is 5.11 Å². The van der Waals surface area contributed by atoms with Gasteiger partial charge in [0.05, 0.1) is 4.88 Å². The molecule has 6 heteroatoms. The summed E-state index contributed by atoms with van der Waals surface area (Å²) in [5.74, 6) is -0.179. The Kier molecular flexibility index (Phi) is 5.30. The van der Waals surface area contributed by atoms with Crippen molar-refractivity contribution in [2.75, 3.05) is 0 Å². The number of rotatable bonds is 3. The van der Waals surface area contributed by atoms with Crippen LogP contribution in [0.4, 0.5) is 0 Å². The van der Waals surface area contributed by atoms with Gasteiger partial charge in [0.25, 0.3) is 5.91 Å². The summed E-state index contributed by atoms with van der Waals surface area (Å²) in [5, 5.41) is 5.32. The van der Waals surface area contributed by atoms with Crippen LogP contribution in [0.3, 0.4) is 0 Å². The second-order valence-electron chi connectivity index (χ2n) is 4.68. The summed E-state index contributed by atoms with van der Waals surface area (Å²) in [4.78, 5) is 12.6. The highest BCUT2D eigenvalue weighted by Crippen LogP contribution is 2.14. The summed E-state index contributed by atoms with van der Waals surface area (Å²) < 4.78 is 0. The number of hydrazine groups is 1. The van der Waals surface area contributed by atoms with Crippen molar-refractivity contribution in [3.63, 3.8) is 0 Å². The van der Waals surface area contributed by atoms with Crippen LogP contribution in [0.15, 0.2) is 35.7 Å². The van der Waals surface area contributed by atoms with Crippen molar-refractivity contribution in [3.05, 3.63) is 57.3 Å². The van der Waals surface area contributed by atoms with Crippen LogP contribution in [0.2, 0.25) is 0 Å². The van der Waals surface area contributed by atoms with Crippen molar-refractivity contribution in [2.24, 2.45) is 0 Å². The Morgan fingerprint density at radius 2 is 1.86 bits per heavy atom. The molecule has 0 unspecified atom stereocenters. The molecular formula is C15H17N3OS2. The molecule has 3 N–H and O–H groups in total. The van der Waals surface area contributed by atoms with Gasteiger partial charge in [0.2, 0.25) is 0 Å². The number of hydrogen-bond donors (Lipinski definition) is 3. The number of aryl methyl sites for hydroxylation is 2. The summed E-state index contributed by atoms with van der Waals surface area (Å²) >= 11 is 6.53. The minimum Gasteiger partial charge on any atom is -0.357 e. The fourth-order valence-corrected chi connectivity index (χ4v) is 2.65. The molecule has 21 heavy (non-hydrogen) atoms. The van der Waals surface area contributed by atoms with Gasteiger partial charge in [0, 0.05) is 6.54 Å². The number of nitrogens with one attached hydrogen (secondary N) is 3. The van der Waals surface area contributed by atoms with Gasteiger partial charge in [0.1, 0.15) is 0 Å². The Morgan fingerprint density at radius 1 is 1.14 bits per heavy atom. The van der Waals surface area contributed by atoms with Gasteiger partial charge >= 0.3 is 0 Å². The highest BCUT2D eigenvalue weighted by Gasteiger charge is 2.09. The molecule has 0 aliphatic rings. The fraction of sp³-hybridized carbons (Fsp3) is 0.200. The molecule has 0 saturated carbocycles. The van der Waals surface area contributed by atoms with Crippen molar-refractivity contribution in [1.29, 1.82) is 0 Å². The largest absolute Gasteiger partial charge is 0.357 e. The minimum atomic E-state index is -0.179. The Morgan fingerprint density at radius 3 is 2.48 bits per heavy atom. The van der Waals surface area contributed by atoms with E-state index in [0.29, 0.717) is 16.5 Å². The normalized spacial score (nSPS) is 10.0. The van der Waals surface area contributed by atoms with E-state index in [9.17, 15) is 4.79 Å². The first-order valence-electron chi connectivity index (χ1n) is 6.50. The standard InChI is InChI=1S/C15H17N3OS2/c1-10-3-5-12(6-4-10)9-16-15(20)18-17-14(19)13-11(2)7-8-21-13/h3-8H,9H2,1-2H3,(H,17,19)(H2,16,18,20). The van der Waals surface area contributed by atoms with Crippen LogP contribution in [0.25, 0.3) is 0 Å². The van der Waals surface area contributed by atoms with Gasteiger partial charge in [-0.05, 0) is 48.6 Å². The number of hydrogen-bond acceptors (Lipinski definition) is 3. The zero-order valence-electron chi connectivity index (χ0n) is 11.9. The molecular weight excluding hydrogens is 302 g/mol. The van der Waals surface area contributed by atoms with E-state index in [4.69, 9.17) is 12.2 Å². The highest BCUT2D eigenvalue weighted by molar-refractivity contribution is 7.80. The molecule has 1 aromatic carbocycles. The third kappa shape index (κ3) is 4.54. The molecule has 2 aromatic rings. The molecule has 0 spiro atoms. The molecule has 110 valence electrons. The molecule has 1 aromatic heterocycles. The lowest BCUT2D eigenvalue weighted by molar-refractivity contribution is 0.0947. The minimum absolute atomic E-state index is 0.179. The molecule has 1 amide bonds. The van der Waals surface area contributed by atoms with Crippen LogP contribution in [0.1, 0.15) is 26.4 Å². The van der Waals surface area contributed by atoms with Crippen molar-refractivity contribution in [2.45, 2.75) is 20.4 Å². The average molecular weight is 319 g/mol. The average Bonchev–Trinajstić information content (AvgIpc) is 2.90. The fourth-order valence-electron chi connectivity index (χ4n) is 1.71. The number of thiocarbonyl (C=S) groups is 1. The van der Waals surface area contributed by atoms with Gasteiger partial charge < -0.3 is 5.32 Å². The first-order chi connectivity index (χ1) is 10.1. The summed E-state index contributed by atoms with van der Waals surface area (Å²) in [5.41, 5.74) is 8.60. The summed E-state index contributed by atoms with van der Waals surface area (Å²) in [6, 6.07) is 10.1. The SMILES string of the molecule is Cc1ccc(CNC(=S)NNC(=O)c2sccc2C)cc1. The number of thiophene rings is 1. The van der Waals surface area contributed by atoms with Crippen molar-refractivity contribution in [1.82, 2.24) is 16.2 Å². The Labute approximate surface area is 133 Å². The lowest BCUT2D eigenvalue weighted by Crippen LogP contribution is -2.46. The van der Waals surface area contributed by atoms with Crippen LogP contribution >= 0.6 is 23.6 Å². The van der Waals surface area contributed by atoms with E-state index in [0.717, 1.165) is 11.1 Å². The van der Waals surface area contributed by atoms with Crippen molar-refractivity contribution < 1.29 is 4.79 Å². The van der Waals surface area contributed by atoms with Gasteiger partial charge in [-0.15, -0.1) is 11.3 Å². The van der Waals surface area contributed by atoms with Gasteiger partial charge in [-0.1, -0.05) is 29.8 Å². The second-order valence-corrected chi connectivity index (χ2v) is 6.00. The molecule has 0 aliphatic carbocycles. The highest BCUT2D eigenvalue weighted by atomic mass is 32.1. The van der Waals surface area contributed by atoms with Gasteiger partial charge in [-0.3, -0.25) is 15.6 Å². The Bertz CT molecular complexity index is 635. The molecule has 0 atom stereocenters. The first-order valence-corrected chi connectivity index (χ1v) is 7.79. The van der Waals surface area contributed by atoms with E-state index >= 15 is 0 Å². The van der Waals surface area contributed by atoms with E-state index in [2.05, 4.69) is 28.3 Å². The molecule has 4 nitrogen and oxygen atoms in total. The molecule has 0 fully saturated rings. The number of amides is 1. The van der Waals surface area contributed by atoms with E-state index in [1.54, 1.807) is 0 Å². The van der Waals surface area contributed by atoms with Crippen LogP contribution in [-0.2, 0) is 6.54 Å². The zero-order valence-corrected chi connectivity index (χ0v) is 13.5. The van der Waals surface area contributed by atoms with Crippen LogP contribution in [0.5, 0.6) is 0 Å². The number of benzene rings is 1. The lowest BCUT2D eigenvalue weighted by Gasteiger charge is -2.11. The van der Waals surface area contributed by atoms with Crippen LogP contribution < -0.4 is 16.2 Å². The number of carbonyl (C=O) groups is 1. The maximum absolute atomic E-state index is 11.9. The maximum Gasteiger partial charge on any atom is 0.279 e. The Balaban J connectivity index is 1.76. The molecule has 1 heterocycles. The van der Waals surface area contributed by atoms with E-state index in [1.807, 2.05) is 37.4 Å².